The number of carbonyl (C=O) groups excluding carboxylic acids is 1. The molecule has 2 rings (SSSR count). The molecule has 0 radical (unpaired) electrons. The van der Waals surface area contributed by atoms with Crippen molar-refractivity contribution in [2.45, 2.75) is 19.9 Å². The summed E-state index contributed by atoms with van der Waals surface area (Å²) in [5, 5.41) is 2.83. The summed E-state index contributed by atoms with van der Waals surface area (Å²) in [7, 11) is 1.61. The third kappa shape index (κ3) is 2.65. The van der Waals surface area contributed by atoms with E-state index in [1.807, 2.05) is 24.4 Å². The Bertz CT molecular complexity index is 500. The van der Waals surface area contributed by atoms with E-state index in [-0.39, 0.29) is 11.9 Å². The lowest BCUT2D eigenvalue weighted by Gasteiger charge is -2.10. The molecule has 1 N–H and O–H groups in total. The van der Waals surface area contributed by atoms with E-state index in [9.17, 15) is 4.79 Å². The van der Waals surface area contributed by atoms with Gasteiger partial charge in [-0.05, 0) is 13.8 Å². The molecule has 0 aromatic carbocycles. The van der Waals surface area contributed by atoms with Gasteiger partial charge in [0, 0.05) is 30.4 Å². The number of thiazole rings is 1. The molecule has 92 valence electrons. The van der Waals surface area contributed by atoms with Gasteiger partial charge in [-0.15, -0.1) is 11.3 Å². The summed E-state index contributed by atoms with van der Waals surface area (Å²) in [6, 6.07) is -0.0195. The fraction of sp³-hybridized carbons (Fsp3) is 0.455. The van der Waals surface area contributed by atoms with Crippen LogP contribution >= 0.6 is 11.3 Å². The van der Waals surface area contributed by atoms with Gasteiger partial charge in [0.15, 0.2) is 4.96 Å². The Morgan fingerprint density at radius 3 is 3.06 bits per heavy atom. The molecular formula is C11H15N3O2S. The summed E-state index contributed by atoms with van der Waals surface area (Å²) in [5.41, 5.74) is 0.444. The third-order valence-corrected chi connectivity index (χ3v) is 3.21. The number of aryl methyl sites for hydroxylation is 1. The Hall–Kier alpha value is -1.40. The highest BCUT2D eigenvalue weighted by molar-refractivity contribution is 7.17. The molecule has 6 heteroatoms. The first kappa shape index (κ1) is 12.1. The molecule has 17 heavy (non-hydrogen) atoms. The number of methoxy groups -OCH3 is 1. The van der Waals surface area contributed by atoms with Crippen LogP contribution in [-0.2, 0) is 4.74 Å². The fourth-order valence-corrected chi connectivity index (χ4v) is 2.42. The Balaban J connectivity index is 2.10. The normalized spacial score (nSPS) is 12.9. The smallest absolute Gasteiger partial charge is 0.271 e. The maximum Gasteiger partial charge on any atom is 0.271 e. The largest absolute Gasteiger partial charge is 0.383 e. The van der Waals surface area contributed by atoms with E-state index in [0.29, 0.717) is 12.3 Å². The van der Waals surface area contributed by atoms with Crippen LogP contribution in [0.25, 0.3) is 4.96 Å². The SMILES string of the molecule is COCC(C)NC(=O)c1cn2cc(C)sc2n1. The van der Waals surface area contributed by atoms with Crippen LogP contribution in [0.1, 0.15) is 22.3 Å². The van der Waals surface area contributed by atoms with Crippen molar-refractivity contribution < 1.29 is 9.53 Å². The second-order valence-electron chi connectivity index (χ2n) is 3.99. The first-order chi connectivity index (χ1) is 8.10. The van der Waals surface area contributed by atoms with Crippen LogP contribution in [0.4, 0.5) is 0 Å². The molecule has 0 saturated carbocycles. The van der Waals surface area contributed by atoms with Crippen LogP contribution in [0.15, 0.2) is 12.4 Å². The summed E-state index contributed by atoms with van der Waals surface area (Å²) in [4.78, 5) is 18.1. The second kappa shape index (κ2) is 4.85. The van der Waals surface area contributed by atoms with Crippen molar-refractivity contribution in [2.75, 3.05) is 13.7 Å². The number of hydrogen-bond acceptors (Lipinski definition) is 4. The van der Waals surface area contributed by atoms with Crippen LogP contribution in [0, 0.1) is 6.92 Å². The first-order valence-electron chi connectivity index (χ1n) is 5.35. The Morgan fingerprint density at radius 1 is 1.65 bits per heavy atom. The van der Waals surface area contributed by atoms with Crippen molar-refractivity contribution in [1.82, 2.24) is 14.7 Å². The van der Waals surface area contributed by atoms with Crippen molar-refractivity contribution in [3.05, 3.63) is 23.0 Å². The van der Waals surface area contributed by atoms with Crippen LogP contribution in [0.3, 0.4) is 0 Å². The molecule has 2 aromatic heterocycles. The predicted molar refractivity (Wildman–Crippen MR) is 66.6 cm³/mol. The van der Waals surface area contributed by atoms with Crippen LogP contribution in [0.5, 0.6) is 0 Å². The quantitative estimate of drug-likeness (QED) is 0.897. The van der Waals surface area contributed by atoms with Gasteiger partial charge in [0.2, 0.25) is 0 Å². The van der Waals surface area contributed by atoms with E-state index >= 15 is 0 Å². The van der Waals surface area contributed by atoms with Crippen molar-refractivity contribution in [3.8, 4) is 0 Å². The van der Waals surface area contributed by atoms with Gasteiger partial charge >= 0.3 is 0 Å². The summed E-state index contributed by atoms with van der Waals surface area (Å²) < 4.78 is 6.83. The van der Waals surface area contributed by atoms with E-state index in [4.69, 9.17) is 4.74 Å². The molecule has 5 nitrogen and oxygen atoms in total. The number of carbonyl (C=O) groups is 1. The Morgan fingerprint density at radius 2 is 2.41 bits per heavy atom. The van der Waals surface area contributed by atoms with Crippen molar-refractivity contribution in [1.29, 1.82) is 0 Å². The molecule has 2 heterocycles. The number of hydrogen-bond donors (Lipinski definition) is 1. The van der Waals surface area contributed by atoms with Gasteiger partial charge in [-0.3, -0.25) is 9.20 Å². The van der Waals surface area contributed by atoms with Gasteiger partial charge in [0.1, 0.15) is 5.69 Å². The van der Waals surface area contributed by atoms with Crippen LogP contribution in [0.2, 0.25) is 0 Å². The van der Waals surface area contributed by atoms with Crippen molar-refractivity contribution in [2.24, 2.45) is 0 Å². The summed E-state index contributed by atoms with van der Waals surface area (Å²) >= 11 is 1.57. The maximum atomic E-state index is 11.8. The molecule has 0 fully saturated rings. The molecule has 1 unspecified atom stereocenters. The van der Waals surface area contributed by atoms with Gasteiger partial charge in [0.05, 0.1) is 6.61 Å². The molecule has 2 aromatic rings. The molecule has 0 aliphatic heterocycles. The lowest BCUT2D eigenvalue weighted by atomic mass is 10.3. The second-order valence-corrected chi connectivity index (χ2v) is 5.20. The van der Waals surface area contributed by atoms with Crippen LogP contribution in [-0.4, -0.2) is 35.1 Å². The zero-order chi connectivity index (χ0) is 12.4. The van der Waals surface area contributed by atoms with E-state index in [1.165, 1.54) is 4.88 Å². The maximum absolute atomic E-state index is 11.8. The van der Waals surface area contributed by atoms with E-state index in [2.05, 4.69) is 10.3 Å². The van der Waals surface area contributed by atoms with E-state index in [0.717, 1.165) is 4.96 Å². The first-order valence-corrected chi connectivity index (χ1v) is 6.16. The highest BCUT2D eigenvalue weighted by atomic mass is 32.1. The van der Waals surface area contributed by atoms with Gasteiger partial charge < -0.3 is 10.1 Å². The minimum absolute atomic E-state index is 0.0195. The highest BCUT2D eigenvalue weighted by Gasteiger charge is 2.14. The lowest BCUT2D eigenvalue weighted by molar-refractivity contribution is 0.0901. The molecule has 1 atom stereocenters. The minimum Gasteiger partial charge on any atom is -0.383 e. The number of aromatic nitrogens is 2. The number of ether oxygens (including phenoxy) is 1. The minimum atomic E-state index is -0.164. The fourth-order valence-electron chi connectivity index (χ4n) is 1.61. The summed E-state index contributed by atoms with van der Waals surface area (Å²) in [6.07, 6.45) is 3.70. The molecule has 1 amide bonds. The van der Waals surface area contributed by atoms with Crippen molar-refractivity contribution in [3.63, 3.8) is 0 Å². The zero-order valence-corrected chi connectivity index (χ0v) is 10.9. The lowest BCUT2D eigenvalue weighted by Crippen LogP contribution is -2.35. The van der Waals surface area contributed by atoms with Crippen molar-refractivity contribution >= 4 is 22.2 Å². The highest BCUT2D eigenvalue weighted by Crippen LogP contribution is 2.16. The monoisotopic (exact) mass is 253 g/mol. The third-order valence-electron chi connectivity index (χ3n) is 2.30. The zero-order valence-electron chi connectivity index (χ0n) is 10.1. The van der Waals surface area contributed by atoms with Gasteiger partial charge in [-0.1, -0.05) is 0 Å². The average molecular weight is 253 g/mol. The van der Waals surface area contributed by atoms with Gasteiger partial charge in [-0.25, -0.2) is 4.98 Å². The number of rotatable bonds is 4. The topological polar surface area (TPSA) is 55.6 Å². The number of fused-ring (bicyclic) bond motifs is 1. The number of imidazole rings is 1. The van der Waals surface area contributed by atoms with E-state index < -0.39 is 0 Å². The summed E-state index contributed by atoms with van der Waals surface area (Å²) in [6.45, 7) is 4.40. The predicted octanol–water partition coefficient (Wildman–Crippen LogP) is 1.47. The molecule has 0 aliphatic rings. The summed E-state index contributed by atoms with van der Waals surface area (Å²) in [5.74, 6) is -0.164. The van der Waals surface area contributed by atoms with Gasteiger partial charge in [-0.2, -0.15) is 0 Å². The van der Waals surface area contributed by atoms with E-state index in [1.54, 1.807) is 24.6 Å². The van der Waals surface area contributed by atoms with Crippen LogP contribution < -0.4 is 5.32 Å². The standard InChI is InChI=1S/C11H15N3O2S/c1-7(6-16-3)12-10(15)9-5-14-4-8(2)17-11(14)13-9/h4-5,7H,6H2,1-3H3,(H,12,15). The molecule has 0 saturated heterocycles. The molecular weight excluding hydrogens is 238 g/mol. The Kier molecular flexibility index (Phi) is 3.44. The number of nitrogens with one attached hydrogen (secondary N) is 1. The molecule has 0 spiro atoms. The average Bonchev–Trinajstić information content (AvgIpc) is 2.74. The van der Waals surface area contributed by atoms with Gasteiger partial charge in [0.25, 0.3) is 5.91 Å². The molecule has 0 aliphatic carbocycles. The number of amides is 1. The Labute approximate surface area is 103 Å². The molecule has 0 bridgehead atoms. The number of nitrogens with zero attached hydrogens (tertiary/aromatic N) is 2.